The number of nitrogens with zero attached hydrogens (tertiary/aromatic N) is 5. The zero-order valence-corrected chi connectivity index (χ0v) is 17.2. The average molecular weight is 396 g/mol. The summed E-state index contributed by atoms with van der Waals surface area (Å²) in [5.74, 6) is 2.70. The molecule has 0 aliphatic heterocycles. The third-order valence-electron chi connectivity index (χ3n) is 4.66. The quantitative estimate of drug-likeness (QED) is 0.478. The van der Waals surface area contributed by atoms with Gasteiger partial charge in [-0.3, -0.25) is 0 Å². The summed E-state index contributed by atoms with van der Waals surface area (Å²) in [6, 6.07) is 18.1. The summed E-state index contributed by atoms with van der Waals surface area (Å²) < 4.78 is 0. The monoisotopic (exact) mass is 396 g/mol. The maximum absolute atomic E-state index is 4.64. The van der Waals surface area contributed by atoms with Crippen molar-refractivity contribution >= 4 is 11.6 Å². The Labute approximate surface area is 176 Å². The lowest BCUT2D eigenvalue weighted by Gasteiger charge is -2.08. The van der Waals surface area contributed by atoms with Crippen molar-refractivity contribution in [2.75, 3.05) is 5.32 Å². The van der Waals surface area contributed by atoms with Crippen molar-refractivity contribution in [3.8, 4) is 11.5 Å². The molecule has 30 heavy (non-hydrogen) atoms. The Kier molecular flexibility index (Phi) is 6.03. The summed E-state index contributed by atoms with van der Waals surface area (Å²) in [7, 11) is 0. The molecule has 0 bridgehead atoms. The molecule has 3 heterocycles. The Hall–Kier alpha value is -3.67. The molecule has 0 aliphatic rings. The lowest BCUT2D eigenvalue weighted by atomic mass is 10.1. The molecule has 0 fully saturated rings. The minimum atomic E-state index is 0.574. The van der Waals surface area contributed by atoms with Crippen LogP contribution in [0, 0.1) is 6.92 Å². The highest BCUT2D eigenvalue weighted by Crippen LogP contribution is 2.17. The van der Waals surface area contributed by atoms with E-state index >= 15 is 0 Å². The Morgan fingerprint density at radius 3 is 2.27 bits per heavy atom. The van der Waals surface area contributed by atoms with E-state index in [1.54, 1.807) is 12.4 Å². The normalized spacial score (nSPS) is 10.7. The number of pyridine rings is 1. The molecule has 0 radical (unpaired) electrons. The summed E-state index contributed by atoms with van der Waals surface area (Å²) in [6.07, 6.45) is 6.43. The van der Waals surface area contributed by atoms with Gasteiger partial charge < -0.3 is 5.32 Å². The van der Waals surface area contributed by atoms with Crippen LogP contribution in [0.15, 0.2) is 67.0 Å². The van der Waals surface area contributed by atoms with Crippen molar-refractivity contribution in [3.05, 3.63) is 89.6 Å². The Bertz CT molecular complexity index is 1120. The van der Waals surface area contributed by atoms with Gasteiger partial charge in [-0.2, -0.15) is 0 Å². The third kappa shape index (κ3) is 5.03. The van der Waals surface area contributed by atoms with Gasteiger partial charge in [0.25, 0.3) is 0 Å². The second kappa shape index (κ2) is 9.22. The van der Waals surface area contributed by atoms with Gasteiger partial charge in [-0.25, -0.2) is 24.9 Å². The minimum absolute atomic E-state index is 0.574. The predicted molar refractivity (Wildman–Crippen MR) is 119 cm³/mol. The maximum atomic E-state index is 4.64. The van der Waals surface area contributed by atoms with Crippen LogP contribution in [0.4, 0.5) is 11.6 Å². The first kappa shape index (κ1) is 19.6. The van der Waals surface area contributed by atoms with Crippen LogP contribution in [0.1, 0.15) is 36.0 Å². The summed E-state index contributed by atoms with van der Waals surface area (Å²) in [5.41, 5.74) is 4.23. The van der Waals surface area contributed by atoms with E-state index < -0.39 is 0 Å². The van der Waals surface area contributed by atoms with E-state index in [9.17, 15) is 0 Å². The van der Waals surface area contributed by atoms with Crippen LogP contribution < -0.4 is 5.32 Å². The highest BCUT2D eigenvalue weighted by molar-refractivity contribution is 5.56. The molecule has 1 aromatic carbocycles. The third-order valence-corrected chi connectivity index (χ3v) is 4.66. The molecule has 4 aromatic rings. The Morgan fingerprint density at radius 2 is 1.50 bits per heavy atom. The second-order valence-corrected chi connectivity index (χ2v) is 7.16. The average Bonchev–Trinajstić information content (AvgIpc) is 2.76. The number of hydrogen-bond acceptors (Lipinski definition) is 6. The fourth-order valence-corrected chi connectivity index (χ4v) is 3.20. The van der Waals surface area contributed by atoms with Gasteiger partial charge in [-0.1, -0.05) is 43.7 Å². The molecule has 1 N–H and O–H groups in total. The van der Waals surface area contributed by atoms with Gasteiger partial charge in [-0.05, 0) is 48.7 Å². The molecule has 4 rings (SSSR count). The summed E-state index contributed by atoms with van der Waals surface area (Å²) in [6.45, 7) is 4.14. The summed E-state index contributed by atoms with van der Waals surface area (Å²) >= 11 is 0. The number of benzene rings is 1. The smallest absolute Gasteiger partial charge is 0.180 e. The molecular formula is C24H24N6. The van der Waals surface area contributed by atoms with Crippen LogP contribution in [0.25, 0.3) is 11.5 Å². The number of rotatable bonds is 7. The second-order valence-electron chi connectivity index (χ2n) is 7.16. The first-order valence-corrected chi connectivity index (χ1v) is 10.1. The van der Waals surface area contributed by atoms with Gasteiger partial charge in [0.15, 0.2) is 5.82 Å². The maximum Gasteiger partial charge on any atom is 0.180 e. The number of aromatic nitrogens is 5. The molecule has 3 aromatic heterocycles. The highest BCUT2D eigenvalue weighted by Gasteiger charge is 2.07. The minimum Gasteiger partial charge on any atom is -0.325 e. The van der Waals surface area contributed by atoms with Gasteiger partial charge in [0.05, 0.1) is 0 Å². The van der Waals surface area contributed by atoms with Crippen molar-refractivity contribution in [2.45, 2.75) is 33.1 Å². The van der Waals surface area contributed by atoms with Gasteiger partial charge in [-0.15, -0.1) is 0 Å². The zero-order valence-electron chi connectivity index (χ0n) is 17.2. The zero-order chi connectivity index (χ0) is 20.8. The lowest BCUT2D eigenvalue weighted by Crippen LogP contribution is -2.03. The van der Waals surface area contributed by atoms with Crippen molar-refractivity contribution < 1.29 is 0 Å². The molecule has 150 valence electrons. The number of nitrogens with one attached hydrogen (secondary N) is 1. The van der Waals surface area contributed by atoms with Crippen molar-refractivity contribution in [2.24, 2.45) is 0 Å². The fraction of sp³-hybridized carbons (Fsp3) is 0.208. The standard InChI is InChI=1S/C24H24N6/c1-3-5-18-8-10-19(11-9-18)16-23-25-14-12-21(29-23)28-22-13-15-26-24(30-22)20-7-4-6-17(2)27-20/h4,6-15H,3,5,16H2,1-2H3,(H,25,26,28,29,30). The first-order chi connectivity index (χ1) is 14.7. The molecule has 0 atom stereocenters. The number of aryl methyl sites for hydroxylation is 2. The molecule has 6 heteroatoms. The largest absolute Gasteiger partial charge is 0.325 e. The lowest BCUT2D eigenvalue weighted by molar-refractivity contribution is 0.917. The van der Waals surface area contributed by atoms with E-state index in [-0.39, 0.29) is 0 Å². The molecular weight excluding hydrogens is 372 g/mol. The molecule has 0 unspecified atom stereocenters. The topological polar surface area (TPSA) is 76.5 Å². The Morgan fingerprint density at radius 1 is 0.767 bits per heavy atom. The first-order valence-electron chi connectivity index (χ1n) is 10.1. The highest BCUT2D eigenvalue weighted by atomic mass is 15.1. The number of anilines is 2. The Balaban J connectivity index is 1.49. The van der Waals surface area contributed by atoms with Crippen molar-refractivity contribution in [1.82, 2.24) is 24.9 Å². The summed E-state index contributed by atoms with van der Waals surface area (Å²) in [4.78, 5) is 22.5. The predicted octanol–water partition coefficient (Wildman–Crippen LogP) is 4.92. The van der Waals surface area contributed by atoms with Crippen molar-refractivity contribution in [3.63, 3.8) is 0 Å². The SMILES string of the molecule is CCCc1ccc(Cc2nccc(Nc3ccnc(-c4cccc(C)n4)n3)n2)cc1. The molecule has 0 aliphatic carbocycles. The molecule has 0 amide bonds. The summed E-state index contributed by atoms with van der Waals surface area (Å²) in [5, 5.41) is 3.25. The van der Waals surface area contributed by atoms with E-state index in [1.807, 2.05) is 37.3 Å². The van der Waals surface area contributed by atoms with Gasteiger partial charge in [0.2, 0.25) is 0 Å². The van der Waals surface area contributed by atoms with Crippen LogP contribution >= 0.6 is 0 Å². The van der Waals surface area contributed by atoms with Gasteiger partial charge >= 0.3 is 0 Å². The van der Waals surface area contributed by atoms with Crippen LogP contribution in [0.2, 0.25) is 0 Å². The van der Waals surface area contributed by atoms with E-state index in [0.717, 1.165) is 30.1 Å². The van der Waals surface area contributed by atoms with Crippen LogP contribution in [0.3, 0.4) is 0 Å². The molecule has 0 saturated carbocycles. The van der Waals surface area contributed by atoms with Gasteiger partial charge in [0, 0.05) is 24.5 Å². The van der Waals surface area contributed by atoms with E-state index in [4.69, 9.17) is 0 Å². The van der Waals surface area contributed by atoms with Crippen molar-refractivity contribution in [1.29, 1.82) is 0 Å². The fourth-order valence-electron chi connectivity index (χ4n) is 3.20. The molecule has 0 saturated heterocycles. The number of hydrogen-bond donors (Lipinski definition) is 1. The molecule has 6 nitrogen and oxygen atoms in total. The van der Waals surface area contributed by atoms with E-state index in [2.05, 4.69) is 61.4 Å². The van der Waals surface area contributed by atoms with Crippen LogP contribution in [0.5, 0.6) is 0 Å². The van der Waals surface area contributed by atoms with E-state index in [1.165, 1.54) is 11.1 Å². The molecule has 0 spiro atoms. The van der Waals surface area contributed by atoms with Crippen LogP contribution in [-0.4, -0.2) is 24.9 Å². The van der Waals surface area contributed by atoms with Gasteiger partial charge in [0.1, 0.15) is 23.2 Å². The van der Waals surface area contributed by atoms with E-state index in [0.29, 0.717) is 23.9 Å². The van der Waals surface area contributed by atoms with Crippen LogP contribution in [-0.2, 0) is 12.8 Å².